The third-order valence-electron chi connectivity index (χ3n) is 6.40. The molecule has 150 valence electrons. The van der Waals surface area contributed by atoms with Gasteiger partial charge < -0.3 is 9.47 Å². The van der Waals surface area contributed by atoms with Crippen LogP contribution in [-0.2, 0) is 31.9 Å². The second-order valence-corrected chi connectivity index (χ2v) is 7.84. The predicted molar refractivity (Wildman–Crippen MR) is 113 cm³/mol. The van der Waals surface area contributed by atoms with E-state index in [2.05, 4.69) is 36.4 Å². The van der Waals surface area contributed by atoms with E-state index in [9.17, 15) is 9.59 Å². The van der Waals surface area contributed by atoms with Crippen LogP contribution < -0.4 is 0 Å². The quantitative estimate of drug-likeness (QED) is 0.428. The van der Waals surface area contributed by atoms with Crippen molar-refractivity contribution in [3.8, 4) is 0 Å². The molecule has 6 rings (SSSR count). The summed E-state index contributed by atoms with van der Waals surface area (Å²) in [6, 6.07) is 20.9. The van der Waals surface area contributed by atoms with Crippen LogP contribution in [0.5, 0.6) is 0 Å². The van der Waals surface area contributed by atoms with E-state index >= 15 is 0 Å². The normalized spacial score (nSPS) is 17.5. The molecule has 0 spiro atoms. The van der Waals surface area contributed by atoms with Gasteiger partial charge in [0.2, 0.25) is 0 Å². The number of rotatable bonds is 4. The van der Waals surface area contributed by atoms with Gasteiger partial charge >= 0.3 is 11.9 Å². The van der Waals surface area contributed by atoms with E-state index in [0.29, 0.717) is 0 Å². The topological polar surface area (TPSA) is 52.6 Å². The molecule has 3 aliphatic carbocycles. The number of benzene rings is 3. The maximum Gasteiger partial charge on any atom is 0.309 e. The zero-order chi connectivity index (χ0) is 20.8. The lowest BCUT2D eigenvalue weighted by Gasteiger charge is -2.44. The highest BCUT2D eigenvalue weighted by Gasteiger charge is 2.43. The fourth-order valence-electron chi connectivity index (χ4n) is 5.23. The molecule has 0 fully saturated rings. The summed E-state index contributed by atoms with van der Waals surface area (Å²) in [6.45, 7) is 0. The average Bonchev–Trinajstić information content (AvgIpc) is 2.78. The van der Waals surface area contributed by atoms with E-state index in [1.165, 1.54) is 47.6 Å². The van der Waals surface area contributed by atoms with Gasteiger partial charge in [0.25, 0.3) is 0 Å². The van der Waals surface area contributed by atoms with Crippen molar-refractivity contribution >= 4 is 11.9 Å². The number of ether oxygens (including phenoxy) is 2. The molecule has 0 heterocycles. The van der Waals surface area contributed by atoms with Gasteiger partial charge in [0.15, 0.2) is 0 Å². The molecule has 3 aromatic rings. The first-order valence-corrected chi connectivity index (χ1v) is 10.1. The molecule has 2 unspecified atom stereocenters. The largest absolute Gasteiger partial charge is 0.469 e. The molecule has 4 nitrogen and oxygen atoms in total. The van der Waals surface area contributed by atoms with E-state index in [1.807, 2.05) is 24.3 Å². The van der Waals surface area contributed by atoms with Gasteiger partial charge in [0, 0.05) is 11.8 Å². The van der Waals surface area contributed by atoms with Gasteiger partial charge in [0.1, 0.15) is 0 Å². The zero-order valence-electron chi connectivity index (χ0n) is 17.0. The number of esters is 2. The van der Waals surface area contributed by atoms with Crippen molar-refractivity contribution in [1.82, 2.24) is 0 Å². The van der Waals surface area contributed by atoms with Gasteiger partial charge in [-0.1, -0.05) is 60.7 Å². The summed E-state index contributed by atoms with van der Waals surface area (Å²) in [5.41, 5.74) is 9.39. The lowest BCUT2D eigenvalue weighted by Crippen LogP contribution is -2.30. The maximum atomic E-state index is 12.1. The second kappa shape index (κ2) is 7.13. The minimum atomic E-state index is -0.238. The Labute approximate surface area is 175 Å². The smallest absolute Gasteiger partial charge is 0.309 e. The number of carbonyl (C=O) groups excluding carboxylic acids is 2. The van der Waals surface area contributed by atoms with Crippen molar-refractivity contribution in [2.24, 2.45) is 0 Å². The van der Waals surface area contributed by atoms with Crippen LogP contribution in [0.3, 0.4) is 0 Å². The van der Waals surface area contributed by atoms with Crippen molar-refractivity contribution in [3.05, 3.63) is 105 Å². The Morgan fingerprint density at radius 2 is 1.03 bits per heavy atom. The van der Waals surface area contributed by atoms with Gasteiger partial charge in [0.05, 0.1) is 27.1 Å². The van der Waals surface area contributed by atoms with Gasteiger partial charge in [-0.3, -0.25) is 9.59 Å². The van der Waals surface area contributed by atoms with Crippen LogP contribution in [0.2, 0.25) is 0 Å². The molecule has 0 saturated heterocycles. The maximum absolute atomic E-state index is 12.1. The Balaban J connectivity index is 1.76. The molecule has 2 atom stereocenters. The standard InChI is InChI=1S/C26H22O4/c1-29-21(27)13-15-7-5-11-19-23(15)25-17-9-3-4-10-18(17)26(19)24-16(14-22(28)30-2)8-6-12-20(24)25/h3-12,25-26H,13-14H2,1-2H3. The first kappa shape index (κ1) is 18.6. The van der Waals surface area contributed by atoms with Gasteiger partial charge in [-0.25, -0.2) is 0 Å². The Morgan fingerprint density at radius 1 is 0.633 bits per heavy atom. The summed E-state index contributed by atoms with van der Waals surface area (Å²) in [5, 5.41) is 0. The molecule has 0 amide bonds. The van der Waals surface area contributed by atoms with Gasteiger partial charge in [-0.05, 0) is 44.5 Å². The molecule has 0 aliphatic heterocycles. The Kier molecular flexibility index (Phi) is 4.43. The average molecular weight is 398 g/mol. The highest BCUT2D eigenvalue weighted by Crippen LogP contribution is 2.57. The number of carbonyl (C=O) groups is 2. The lowest BCUT2D eigenvalue weighted by molar-refractivity contribution is -0.140. The van der Waals surface area contributed by atoms with E-state index < -0.39 is 0 Å². The molecule has 2 bridgehead atoms. The van der Waals surface area contributed by atoms with Crippen molar-refractivity contribution in [3.63, 3.8) is 0 Å². The molecular formula is C26H22O4. The second-order valence-electron chi connectivity index (χ2n) is 7.84. The SMILES string of the molecule is COC(=O)Cc1cccc2c1C1c3ccccc3C2c2c(CC(=O)OC)cccc21. The van der Waals surface area contributed by atoms with Gasteiger partial charge in [-0.2, -0.15) is 0 Å². The van der Waals surface area contributed by atoms with Crippen molar-refractivity contribution in [1.29, 1.82) is 0 Å². The van der Waals surface area contributed by atoms with Crippen LogP contribution in [0.4, 0.5) is 0 Å². The van der Waals surface area contributed by atoms with Crippen LogP contribution in [0, 0.1) is 0 Å². The molecule has 0 radical (unpaired) electrons. The number of hydrogen-bond acceptors (Lipinski definition) is 4. The summed E-state index contributed by atoms with van der Waals surface area (Å²) in [5.74, 6) is -0.403. The van der Waals surface area contributed by atoms with Crippen molar-refractivity contribution < 1.29 is 19.1 Å². The summed E-state index contributed by atoms with van der Waals surface area (Å²) in [4.78, 5) is 24.2. The van der Waals surface area contributed by atoms with Crippen molar-refractivity contribution in [2.45, 2.75) is 24.7 Å². The van der Waals surface area contributed by atoms with Crippen LogP contribution in [0.1, 0.15) is 56.3 Å². The van der Waals surface area contributed by atoms with Crippen LogP contribution >= 0.6 is 0 Å². The summed E-state index contributed by atoms with van der Waals surface area (Å²) >= 11 is 0. The minimum absolute atomic E-state index is 0.0367. The zero-order valence-corrected chi connectivity index (χ0v) is 17.0. The third kappa shape index (κ3) is 2.67. The molecule has 3 aromatic carbocycles. The molecule has 0 N–H and O–H groups in total. The molecule has 30 heavy (non-hydrogen) atoms. The van der Waals surface area contributed by atoms with E-state index in [0.717, 1.165) is 11.1 Å². The molecule has 4 heteroatoms. The third-order valence-corrected chi connectivity index (χ3v) is 6.40. The monoisotopic (exact) mass is 398 g/mol. The summed E-state index contributed by atoms with van der Waals surface area (Å²) in [6.07, 6.45) is 0.504. The summed E-state index contributed by atoms with van der Waals surface area (Å²) < 4.78 is 9.90. The van der Waals surface area contributed by atoms with E-state index in [4.69, 9.17) is 9.47 Å². The Bertz CT molecular complexity index is 1080. The Morgan fingerprint density at radius 3 is 1.43 bits per heavy atom. The van der Waals surface area contributed by atoms with E-state index in [1.54, 1.807) is 0 Å². The molecule has 0 aromatic heterocycles. The fraction of sp³-hybridized carbons (Fsp3) is 0.231. The first-order chi connectivity index (χ1) is 14.6. The van der Waals surface area contributed by atoms with Crippen LogP contribution in [-0.4, -0.2) is 26.2 Å². The van der Waals surface area contributed by atoms with E-state index in [-0.39, 0.29) is 36.6 Å². The van der Waals surface area contributed by atoms with Crippen LogP contribution in [0.15, 0.2) is 60.7 Å². The molecule has 0 saturated carbocycles. The highest BCUT2D eigenvalue weighted by atomic mass is 16.5. The molecule has 3 aliphatic rings. The fourth-order valence-corrected chi connectivity index (χ4v) is 5.23. The lowest BCUT2D eigenvalue weighted by atomic mass is 9.59. The molecular weight excluding hydrogens is 376 g/mol. The summed E-state index contributed by atoms with van der Waals surface area (Å²) in [7, 11) is 2.85. The van der Waals surface area contributed by atoms with Crippen LogP contribution in [0.25, 0.3) is 0 Å². The van der Waals surface area contributed by atoms with Gasteiger partial charge in [-0.15, -0.1) is 0 Å². The number of hydrogen-bond donors (Lipinski definition) is 0. The first-order valence-electron chi connectivity index (χ1n) is 10.1. The minimum Gasteiger partial charge on any atom is -0.469 e. The highest BCUT2D eigenvalue weighted by molar-refractivity contribution is 5.78. The Hall–Kier alpha value is -3.40. The predicted octanol–water partition coefficient (Wildman–Crippen LogP) is 4.10. The number of methoxy groups -OCH3 is 2. The van der Waals surface area contributed by atoms with Crippen molar-refractivity contribution in [2.75, 3.05) is 14.2 Å².